The summed E-state index contributed by atoms with van der Waals surface area (Å²) in [6, 6.07) is 6.14. The van der Waals surface area contributed by atoms with Crippen LogP contribution < -0.4 is 10.1 Å². The highest BCUT2D eigenvalue weighted by atomic mass is 16.5. The Morgan fingerprint density at radius 1 is 1.15 bits per heavy atom. The van der Waals surface area contributed by atoms with E-state index in [1.165, 1.54) is 5.56 Å². The molecular weight excluding hydrogens is 250 g/mol. The summed E-state index contributed by atoms with van der Waals surface area (Å²) >= 11 is 0. The van der Waals surface area contributed by atoms with E-state index in [9.17, 15) is 0 Å². The van der Waals surface area contributed by atoms with E-state index in [-0.39, 0.29) is 6.04 Å². The Labute approximate surface area is 120 Å². The SMILES string of the molecule is CNC(c1ccnc(C)n1)c1ccc(C)c(C)c1OC. The van der Waals surface area contributed by atoms with Gasteiger partial charge in [0.15, 0.2) is 0 Å². The Balaban J connectivity index is 2.55. The standard InChI is InChI=1S/C16H21N3O/c1-10-6-7-13(16(20-5)11(10)2)15(17-4)14-8-9-18-12(3)19-14/h6-9,15,17H,1-5H3. The van der Waals surface area contributed by atoms with Crippen molar-refractivity contribution in [3.05, 3.63) is 52.6 Å². The molecule has 0 bridgehead atoms. The van der Waals surface area contributed by atoms with Crippen LogP contribution in [0.1, 0.15) is 34.3 Å². The summed E-state index contributed by atoms with van der Waals surface area (Å²) in [4.78, 5) is 8.67. The number of aromatic nitrogens is 2. The molecule has 0 saturated heterocycles. The molecule has 20 heavy (non-hydrogen) atoms. The number of aryl methyl sites for hydroxylation is 2. The minimum Gasteiger partial charge on any atom is -0.496 e. The van der Waals surface area contributed by atoms with Crippen molar-refractivity contribution in [1.82, 2.24) is 15.3 Å². The number of methoxy groups -OCH3 is 1. The molecule has 0 fully saturated rings. The topological polar surface area (TPSA) is 47.0 Å². The summed E-state index contributed by atoms with van der Waals surface area (Å²) in [5.41, 5.74) is 4.42. The highest BCUT2D eigenvalue weighted by Gasteiger charge is 2.20. The van der Waals surface area contributed by atoms with Gasteiger partial charge < -0.3 is 10.1 Å². The fraction of sp³-hybridized carbons (Fsp3) is 0.375. The molecule has 0 radical (unpaired) electrons. The van der Waals surface area contributed by atoms with Crippen LogP contribution in [0.5, 0.6) is 5.75 Å². The number of nitrogens with one attached hydrogen (secondary N) is 1. The zero-order valence-electron chi connectivity index (χ0n) is 12.7. The summed E-state index contributed by atoms with van der Waals surface area (Å²) in [5.74, 6) is 1.69. The second-order valence-corrected chi connectivity index (χ2v) is 4.88. The zero-order valence-corrected chi connectivity index (χ0v) is 12.7. The number of hydrogen-bond acceptors (Lipinski definition) is 4. The Hall–Kier alpha value is -1.94. The minimum absolute atomic E-state index is 0.00838. The van der Waals surface area contributed by atoms with Crippen LogP contribution in [0, 0.1) is 20.8 Å². The number of hydrogen-bond donors (Lipinski definition) is 1. The molecule has 106 valence electrons. The number of rotatable bonds is 4. The first-order valence-electron chi connectivity index (χ1n) is 6.69. The summed E-state index contributed by atoms with van der Waals surface area (Å²) in [5, 5.41) is 3.31. The van der Waals surface area contributed by atoms with Crippen LogP contribution in [-0.2, 0) is 0 Å². The first kappa shape index (κ1) is 14.5. The molecule has 1 heterocycles. The fourth-order valence-electron chi connectivity index (χ4n) is 2.41. The van der Waals surface area contributed by atoms with E-state index >= 15 is 0 Å². The van der Waals surface area contributed by atoms with Gasteiger partial charge in [-0.3, -0.25) is 0 Å². The summed E-state index contributed by atoms with van der Waals surface area (Å²) < 4.78 is 5.61. The van der Waals surface area contributed by atoms with Crippen molar-refractivity contribution >= 4 is 0 Å². The Morgan fingerprint density at radius 3 is 2.50 bits per heavy atom. The molecular formula is C16H21N3O. The molecule has 0 aliphatic heterocycles. The third-order valence-electron chi connectivity index (χ3n) is 3.60. The van der Waals surface area contributed by atoms with Gasteiger partial charge in [0.05, 0.1) is 18.8 Å². The van der Waals surface area contributed by atoms with Crippen molar-refractivity contribution in [2.24, 2.45) is 0 Å². The predicted octanol–water partition coefficient (Wildman–Crippen LogP) is 2.72. The molecule has 1 N–H and O–H groups in total. The van der Waals surface area contributed by atoms with E-state index in [1.54, 1.807) is 13.3 Å². The minimum atomic E-state index is -0.00838. The lowest BCUT2D eigenvalue weighted by Gasteiger charge is -2.21. The molecule has 0 spiro atoms. The maximum Gasteiger partial charge on any atom is 0.127 e. The van der Waals surface area contributed by atoms with Crippen molar-refractivity contribution < 1.29 is 4.74 Å². The van der Waals surface area contributed by atoms with Crippen LogP contribution >= 0.6 is 0 Å². The van der Waals surface area contributed by atoms with Gasteiger partial charge in [-0.2, -0.15) is 0 Å². The van der Waals surface area contributed by atoms with Gasteiger partial charge in [0.25, 0.3) is 0 Å². The maximum absolute atomic E-state index is 5.61. The molecule has 1 atom stereocenters. The second-order valence-electron chi connectivity index (χ2n) is 4.88. The summed E-state index contributed by atoms with van der Waals surface area (Å²) in [7, 11) is 3.64. The largest absolute Gasteiger partial charge is 0.496 e. The maximum atomic E-state index is 5.61. The monoisotopic (exact) mass is 271 g/mol. The summed E-state index contributed by atoms with van der Waals surface area (Å²) in [6.45, 7) is 6.06. The van der Waals surface area contributed by atoms with Crippen LogP contribution in [0.4, 0.5) is 0 Å². The third-order valence-corrected chi connectivity index (χ3v) is 3.60. The number of nitrogens with zero attached hydrogens (tertiary/aromatic N) is 2. The molecule has 2 rings (SSSR count). The quantitative estimate of drug-likeness (QED) is 0.929. The third kappa shape index (κ3) is 2.65. The molecule has 4 nitrogen and oxygen atoms in total. The van der Waals surface area contributed by atoms with Crippen LogP contribution in [0.3, 0.4) is 0 Å². The first-order chi connectivity index (χ1) is 9.58. The van der Waals surface area contributed by atoms with Gasteiger partial charge in [-0.05, 0) is 45.0 Å². The fourth-order valence-corrected chi connectivity index (χ4v) is 2.41. The smallest absolute Gasteiger partial charge is 0.127 e. The first-order valence-corrected chi connectivity index (χ1v) is 6.69. The lowest BCUT2D eigenvalue weighted by Crippen LogP contribution is -2.20. The van der Waals surface area contributed by atoms with Crippen molar-refractivity contribution in [3.8, 4) is 5.75 Å². The van der Waals surface area contributed by atoms with Crippen molar-refractivity contribution in [3.63, 3.8) is 0 Å². The molecule has 4 heteroatoms. The Bertz CT molecular complexity index is 611. The number of benzene rings is 1. The van der Waals surface area contributed by atoms with Crippen molar-refractivity contribution in [1.29, 1.82) is 0 Å². The Morgan fingerprint density at radius 2 is 1.90 bits per heavy atom. The second kappa shape index (κ2) is 6.01. The van der Waals surface area contributed by atoms with E-state index < -0.39 is 0 Å². The van der Waals surface area contributed by atoms with E-state index in [0.717, 1.165) is 28.4 Å². The van der Waals surface area contributed by atoms with Gasteiger partial charge >= 0.3 is 0 Å². The van der Waals surface area contributed by atoms with Gasteiger partial charge in [-0.1, -0.05) is 12.1 Å². The van der Waals surface area contributed by atoms with Crippen LogP contribution in [0.25, 0.3) is 0 Å². The molecule has 0 aliphatic rings. The zero-order chi connectivity index (χ0) is 14.7. The molecule has 0 aliphatic carbocycles. The van der Waals surface area contributed by atoms with Gasteiger partial charge in [-0.25, -0.2) is 9.97 Å². The van der Waals surface area contributed by atoms with E-state index in [4.69, 9.17) is 4.74 Å². The normalized spacial score (nSPS) is 12.2. The van der Waals surface area contributed by atoms with Gasteiger partial charge in [0, 0.05) is 11.8 Å². The van der Waals surface area contributed by atoms with Gasteiger partial charge in [-0.15, -0.1) is 0 Å². The average molecular weight is 271 g/mol. The van der Waals surface area contributed by atoms with Crippen LogP contribution in [0.15, 0.2) is 24.4 Å². The highest BCUT2D eigenvalue weighted by molar-refractivity contribution is 5.48. The molecule has 1 unspecified atom stereocenters. The lowest BCUT2D eigenvalue weighted by molar-refractivity contribution is 0.401. The predicted molar refractivity (Wildman–Crippen MR) is 80.1 cm³/mol. The lowest BCUT2D eigenvalue weighted by atomic mass is 9.97. The summed E-state index contributed by atoms with van der Waals surface area (Å²) in [6.07, 6.45) is 1.79. The average Bonchev–Trinajstić information content (AvgIpc) is 2.44. The van der Waals surface area contributed by atoms with E-state index in [2.05, 4.69) is 41.3 Å². The van der Waals surface area contributed by atoms with E-state index in [0.29, 0.717) is 0 Å². The van der Waals surface area contributed by atoms with Gasteiger partial charge in [0.2, 0.25) is 0 Å². The Kier molecular flexibility index (Phi) is 4.35. The molecule has 0 saturated carbocycles. The highest BCUT2D eigenvalue weighted by Crippen LogP contribution is 2.33. The van der Waals surface area contributed by atoms with Gasteiger partial charge in [0.1, 0.15) is 11.6 Å². The molecule has 1 aromatic heterocycles. The van der Waals surface area contributed by atoms with Crippen LogP contribution in [0.2, 0.25) is 0 Å². The van der Waals surface area contributed by atoms with Crippen LogP contribution in [-0.4, -0.2) is 24.1 Å². The van der Waals surface area contributed by atoms with Crippen molar-refractivity contribution in [2.45, 2.75) is 26.8 Å². The number of ether oxygens (including phenoxy) is 1. The molecule has 0 amide bonds. The van der Waals surface area contributed by atoms with E-state index in [1.807, 2.05) is 20.0 Å². The molecule has 2 aromatic rings. The molecule has 1 aromatic carbocycles. The van der Waals surface area contributed by atoms with Crippen molar-refractivity contribution in [2.75, 3.05) is 14.2 Å².